The molecule has 0 unspecified atom stereocenters. The van der Waals surface area contributed by atoms with Crippen LogP contribution in [0.3, 0.4) is 0 Å². The summed E-state index contributed by atoms with van der Waals surface area (Å²) in [7, 11) is 0. The number of hydrogen-bond donors (Lipinski definition) is 1. The zero-order valence-corrected chi connectivity index (χ0v) is 17.6. The van der Waals surface area contributed by atoms with E-state index < -0.39 is 29.1 Å². The van der Waals surface area contributed by atoms with E-state index in [0.717, 1.165) is 17.3 Å². The first-order valence-electron chi connectivity index (χ1n) is 8.75. The minimum Gasteiger partial charge on any atom is -0.480 e. The lowest BCUT2D eigenvalue weighted by Crippen LogP contribution is -2.48. The van der Waals surface area contributed by atoms with Crippen molar-refractivity contribution in [3.8, 4) is 0 Å². The molecule has 0 aromatic heterocycles. The maximum Gasteiger partial charge on any atom is 0.411 e. The number of aliphatic carboxylic acids is 1. The number of carbonyl (C=O) groups excluding carboxylic acids is 2. The summed E-state index contributed by atoms with van der Waals surface area (Å²) in [6.07, 6.45) is -0.720. The second-order valence-corrected chi connectivity index (χ2v) is 9.29. The van der Waals surface area contributed by atoms with Gasteiger partial charge in [0.05, 0.1) is 0 Å². The molecule has 1 rings (SSSR count). The first kappa shape index (κ1) is 23.0. The molecule has 0 fully saturated rings. The van der Waals surface area contributed by atoms with Gasteiger partial charge in [-0.25, -0.2) is 9.59 Å². The van der Waals surface area contributed by atoms with Crippen LogP contribution >= 0.6 is 11.8 Å². The molecule has 0 saturated carbocycles. The van der Waals surface area contributed by atoms with Crippen LogP contribution in [0, 0.1) is 5.41 Å². The standard InChI is InChI=1S/C20H29NO5S/c1-19(2,3)17(24)27-13-15(16(22)23)21(18(25)26-20(4,5)6)12-14-10-8-7-9-11-14/h7-11,15H,12-13H2,1-6H3,(H,22,23)/t15-/m0/s1. The van der Waals surface area contributed by atoms with E-state index in [2.05, 4.69) is 0 Å². The molecule has 0 radical (unpaired) electrons. The van der Waals surface area contributed by atoms with Crippen LogP contribution < -0.4 is 0 Å². The Morgan fingerprint density at radius 3 is 2.07 bits per heavy atom. The van der Waals surface area contributed by atoms with E-state index in [4.69, 9.17) is 4.74 Å². The Bertz CT molecular complexity index is 661. The molecule has 0 aliphatic carbocycles. The molecule has 1 N–H and O–H groups in total. The number of benzene rings is 1. The average Bonchev–Trinajstić information content (AvgIpc) is 2.51. The number of nitrogens with zero attached hydrogens (tertiary/aromatic N) is 1. The van der Waals surface area contributed by atoms with Crippen molar-refractivity contribution in [2.45, 2.75) is 59.7 Å². The van der Waals surface area contributed by atoms with E-state index in [-0.39, 0.29) is 17.4 Å². The molecule has 1 atom stereocenters. The Morgan fingerprint density at radius 1 is 1.07 bits per heavy atom. The summed E-state index contributed by atoms with van der Waals surface area (Å²) in [4.78, 5) is 38.0. The highest BCUT2D eigenvalue weighted by Gasteiger charge is 2.34. The van der Waals surface area contributed by atoms with Gasteiger partial charge in [-0.2, -0.15) is 0 Å². The fourth-order valence-electron chi connectivity index (χ4n) is 2.07. The number of amides is 1. The van der Waals surface area contributed by atoms with Gasteiger partial charge < -0.3 is 9.84 Å². The minimum atomic E-state index is -1.18. The summed E-state index contributed by atoms with van der Waals surface area (Å²) in [6, 6.07) is 7.91. The Labute approximate surface area is 165 Å². The molecule has 0 heterocycles. The molecule has 1 aromatic carbocycles. The molecule has 0 bridgehead atoms. The Balaban J connectivity index is 3.08. The number of carboxylic acids is 1. The van der Waals surface area contributed by atoms with Crippen LogP contribution in [-0.4, -0.2) is 44.6 Å². The number of carbonyl (C=O) groups is 3. The highest BCUT2D eigenvalue weighted by Crippen LogP contribution is 2.25. The molecule has 1 aromatic rings. The highest BCUT2D eigenvalue weighted by atomic mass is 32.2. The molecule has 0 spiro atoms. The zero-order valence-electron chi connectivity index (χ0n) is 16.8. The van der Waals surface area contributed by atoms with Crippen LogP contribution in [-0.2, 0) is 20.9 Å². The summed E-state index contributed by atoms with van der Waals surface area (Å²) >= 11 is 0.925. The molecule has 7 heteroatoms. The van der Waals surface area contributed by atoms with Gasteiger partial charge in [-0.15, -0.1) is 0 Å². The van der Waals surface area contributed by atoms with Crippen molar-refractivity contribution in [1.29, 1.82) is 0 Å². The smallest absolute Gasteiger partial charge is 0.411 e. The van der Waals surface area contributed by atoms with Crippen LogP contribution in [0.25, 0.3) is 0 Å². The Kier molecular flexibility index (Phi) is 7.90. The van der Waals surface area contributed by atoms with Crippen molar-refractivity contribution >= 4 is 28.9 Å². The third kappa shape index (κ3) is 8.03. The van der Waals surface area contributed by atoms with Crippen LogP contribution in [0.2, 0.25) is 0 Å². The van der Waals surface area contributed by atoms with E-state index in [1.54, 1.807) is 41.5 Å². The van der Waals surface area contributed by atoms with E-state index in [0.29, 0.717) is 0 Å². The topological polar surface area (TPSA) is 83.9 Å². The zero-order chi connectivity index (χ0) is 20.8. The van der Waals surface area contributed by atoms with Crippen molar-refractivity contribution in [3.63, 3.8) is 0 Å². The van der Waals surface area contributed by atoms with Crippen molar-refractivity contribution in [3.05, 3.63) is 35.9 Å². The number of hydrogen-bond acceptors (Lipinski definition) is 5. The first-order valence-corrected chi connectivity index (χ1v) is 9.73. The minimum absolute atomic E-state index is 0.0441. The molecular weight excluding hydrogens is 366 g/mol. The normalized spacial score (nSPS) is 13.0. The van der Waals surface area contributed by atoms with Crippen molar-refractivity contribution in [1.82, 2.24) is 4.90 Å². The largest absolute Gasteiger partial charge is 0.480 e. The maximum atomic E-state index is 12.7. The van der Waals surface area contributed by atoms with Gasteiger partial charge in [0, 0.05) is 17.7 Å². The van der Waals surface area contributed by atoms with Crippen LogP contribution in [0.15, 0.2) is 30.3 Å². The monoisotopic (exact) mass is 395 g/mol. The third-order valence-corrected chi connectivity index (χ3v) is 4.83. The van der Waals surface area contributed by atoms with E-state index >= 15 is 0 Å². The summed E-state index contributed by atoms with van der Waals surface area (Å²) in [5, 5.41) is 9.58. The molecule has 27 heavy (non-hydrogen) atoms. The Morgan fingerprint density at radius 2 is 1.63 bits per heavy atom. The lowest BCUT2D eigenvalue weighted by atomic mass is 10.00. The van der Waals surface area contributed by atoms with Gasteiger partial charge in [-0.05, 0) is 26.3 Å². The molecule has 0 aliphatic heterocycles. The predicted octanol–water partition coefficient (Wildman–Crippen LogP) is 4.18. The SMILES string of the molecule is CC(C)(C)OC(=O)N(Cc1ccccc1)[C@@H](CSC(=O)C(C)(C)C)C(=O)O. The van der Waals surface area contributed by atoms with Crippen molar-refractivity contribution < 1.29 is 24.2 Å². The van der Waals surface area contributed by atoms with Crippen molar-refractivity contribution in [2.24, 2.45) is 5.41 Å². The molecule has 0 saturated heterocycles. The number of rotatable bonds is 6. The van der Waals surface area contributed by atoms with E-state index in [9.17, 15) is 19.5 Å². The number of carboxylic acid groups (broad SMARTS) is 1. The third-order valence-electron chi connectivity index (χ3n) is 3.47. The van der Waals surface area contributed by atoms with Gasteiger partial charge in [-0.1, -0.05) is 62.9 Å². The number of thioether (sulfide) groups is 1. The second kappa shape index (κ2) is 9.26. The lowest BCUT2D eigenvalue weighted by molar-refractivity contribution is -0.142. The van der Waals surface area contributed by atoms with Crippen molar-refractivity contribution in [2.75, 3.05) is 5.75 Å². The second-order valence-electron chi connectivity index (χ2n) is 8.30. The van der Waals surface area contributed by atoms with Crippen LogP contribution in [0.1, 0.15) is 47.1 Å². The summed E-state index contributed by atoms with van der Waals surface area (Å²) in [5.74, 6) is -1.22. The predicted molar refractivity (Wildman–Crippen MR) is 107 cm³/mol. The molecular formula is C20H29NO5S. The number of ether oxygens (including phenoxy) is 1. The molecule has 1 amide bonds. The Hall–Kier alpha value is -2.02. The highest BCUT2D eigenvalue weighted by molar-refractivity contribution is 8.13. The fraction of sp³-hybridized carbons (Fsp3) is 0.550. The lowest BCUT2D eigenvalue weighted by Gasteiger charge is -2.31. The van der Waals surface area contributed by atoms with Gasteiger partial charge in [0.1, 0.15) is 11.6 Å². The van der Waals surface area contributed by atoms with E-state index in [1.165, 1.54) is 4.90 Å². The summed E-state index contributed by atoms with van der Waals surface area (Å²) < 4.78 is 5.41. The van der Waals surface area contributed by atoms with Crippen LogP contribution in [0.4, 0.5) is 4.79 Å². The van der Waals surface area contributed by atoms with Gasteiger partial charge in [0.15, 0.2) is 5.12 Å². The van der Waals surface area contributed by atoms with Gasteiger partial charge in [-0.3, -0.25) is 9.69 Å². The molecule has 6 nitrogen and oxygen atoms in total. The fourth-order valence-corrected chi connectivity index (χ4v) is 3.13. The quantitative estimate of drug-likeness (QED) is 0.778. The van der Waals surface area contributed by atoms with Gasteiger partial charge in [0.25, 0.3) is 0 Å². The van der Waals surface area contributed by atoms with Crippen LogP contribution in [0.5, 0.6) is 0 Å². The van der Waals surface area contributed by atoms with Gasteiger partial charge in [0.2, 0.25) is 0 Å². The average molecular weight is 396 g/mol. The summed E-state index contributed by atoms with van der Waals surface area (Å²) in [5.41, 5.74) is -0.574. The first-order chi connectivity index (χ1) is 12.3. The molecule has 150 valence electrons. The summed E-state index contributed by atoms with van der Waals surface area (Å²) in [6.45, 7) is 10.6. The van der Waals surface area contributed by atoms with E-state index in [1.807, 2.05) is 30.3 Å². The van der Waals surface area contributed by atoms with Gasteiger partial charge >= 0.3 is 12.1 Å². The molecule has 0 aliphatic rings. The maximum absolute atomic E-state index is 12.7.